The zero-order chi connectivity index (χ0) is 12.5. The van der Waals surface area contributed by atoms with E-state index >= 15 is 0 Å². The molecule has 2 atom stereocenters. The van der Waals surface area contributed by atoms with E-state index in [1.54, 1.807) is 0 Å². The Bertz CT molecular complexity index is 272. The number of piperazine rings is 1. The number of piperidine rings is 1. The summed E-state index contributed by atoms with van der Waals surface area (Å²) in [4.78, 5) is 14.3. The first-order chi connectivity index (χ1) is 7.98. The highest BCUT2D eigenvalue weighted by atomic mass is 16.2. The average molecular weight is 239 g/mol. The van der Waals surface area contributed by atoms with E-state index in [0.717, 1.165) is 39.0 Å². The van der Waals surface area contributed by atoms with Crippen molar-refractivity contribution in [1.29, 1.82) is 0 Å². The number of likely N-dealkylation sites (tertiary alicyclic amines) is 1. The molecule has 2 rings (SSSR count). The normalized spacial score (nSPS) is 33.5. The highest BCUT2D eigenvalue weighted by Gasteiger charge is 2.32. The van der Waals surface area contributed by atoms with Gasteiger partial charge in [-0.05, 0) is 25.2 Å². The predicted octanol–water partition coefficient (Wildman–Crippen LogP) is 0.585. The molecule has 0 aromatic heterocycles. The smallest absolute Gasteiger partial charge is 0.241 e. The lowest BCUT2D eigenvalue weighted by Gasteiger charge is -2.39. The summed E-state index contributed by atoms with van der Waals surface area (Å²) in [5, 5.41) is 6.69. The minimum absolute atomic E-state index is 0.0209. The van der Waals surface area contributed by atoms with Gasteiger partial charge in [0, 0.05) is 32.2 Å². The number of nitrogens with zero attached hydrogens (tertiary/aromatic N) is 1. The van der Waals surface area contributed by atoms with Crippen LogP contribution < -0.4 is 10.6 Å². The molecule has 2 N–H and O–H groups in total. The van der Waals surface area contributed by atoms with Crippen LogP contribution in [-0.2, 0) is 4.79 Å². The SMILES string of the molecule is CC1CNC(C(=O)N2CCC(C)(C)CC2)CN1. The van der Waals surface area contributed by atoms with Crippen molar-refractivity contribution in [1.82, 2.24) is 15.5 Å². The van der Waals surface area contributed by atoms with Gasteiger partial charge in [0.15, 0.2) is 0 Å². The number of carbonyl (C=O) groups is 1. The van der Waals surface area contributed by atoms with Crippen molar-refractivity contribution in [3.63, 3.8) is 0 Å². The third kappa shape index (κ3) is 3.19. The van der Waals surface area contributed by atoms with Gasteiger partial charge in [0.05, 0.1) is 6.04 Å². The second-order valence-corrected chi connectivity index (χ2v) is 6.26. The van der Waals surface area contributed by atoms with Crippen LogP contribution in [0, 0.1) is 5.41 Å². The second-order valence-electron chi connectivity index (χ2n) is 6.26. The lowest BCUT2D eigenvalue weighted by Crippen LogP contribution is -2.60. The van der Waals surface area contributed by atoms with Gasteiger partial charge in [-0.15, -0.1) is 0 Å². The Morgan fingerprint density at radius 2 is 1.82 bits per heavy atom. The Hall–Kier alpha value is -0.610. The van der Waals surface area contributed by atoms with Crippen LogP contribution in [0.15, 0.2) is 0 Å². The molecule has 4 nitrogen and oxygen atoms in total. The van der Waals surface area contributed by atoms with Crippen molar-refractivity contribution < 1.29 is 4.79 Å². The number of hydrogen-bond acceptors (Lipinski definition) is 3. The van der Waals surface area contributed by atoms with Gasteiger partial charge in [0.2, 0.25) is 5.91 Å². The van der Waals surface area contributed by atoms with E-state index in [2.05, 4.69) is 31.4 Å². The van der Waals surface area contributed by atoms with Crippen molar-refractivity contribution in [2.24, 2.45) is 5.41 Å². The Morgan fingerprint density at radius 1 is 1.18 bits per heavy atom. The lowest BCUT2D eigenvalue weighted by molar-refractivity contribution is -0.135. The van der Waals surface area contributed by atoms with E-state index in [4.69, 9.17) is 0 Å². The number of rotatable bonds is 1. The molecule has 2 aliphatic rings. The Morgan fingerprint density at radius 3 is 2.35 bits per heavy atom. The maximum absolute atomic E-state index is 12.3. The summed E-state index contributed by atoms with van der Waals surface area (Å²) in [5.41, 5.74) is 0.406. The fraction of sp³-hybridized carbons (Fsp3) is 0.923. The van der Waals surface area contributed by atoms with E-state index < -0.39 is 0 Å². The number of amides is 1. The van der Waals surface area contributed by atoms with Gasteiger partial charge in [-0.2, -0.15) is 0 Å². The highest BCUT2D eigenvalue weighted by Crippen LogP contribution is 2.29. The molecule has 0 aromatic carbocycles. The maximum Gasteiger partial charge on any atom is 0.241 e. The molecule has 2 unspecified atom stereocenters. The minimum atomic E-state index is -0.0209. The molecule has 2 fully saturated rings. The summed E-state index contributed by atoms with van der Waals surface area (Å²) in [7, 11) is 0. The molecule has 0 spiro atoms. The lowest BCUT2D eigenvalue weighted by atomic mass is 9.82. The minimum Gasteiger partial charge on any atom is -0.341 e. The summed E-state index contributed by atoms with van der Waals surface area (Å²) in [5.74, 6) is 0.278. The van der Waals surface area contributed by atoms with E-state index in [9.17, 15) is 4.79 Å². The van der Waals surface area contributed by atoms with E-state index in [1.807, 2.05) is 4.90 Å². The molecule has 0 saturated carbocycles. The van der Waals surface area contributed by atoms with Gasteiger partial charge < -0.3 is 15.5 Å². The molecule has 0 aromatic rings. The van der Waals surface area contributed by atoms with E-state index in [-0.39, 0.29) is 11.9 Å². The van der Waals surface area contributed by atoms with Crippen LogP contribution in [0.1, 0.15) is 33.6 Å². The Kier molecular flexibility index (Phi) is 3.73. The van der Waals surface area contributed by atoms with Gasteiger partial charge in [-0.1, -0.05) is 13.8 Å². The Labute approximate surface area is 104 Å². The molecular weight excluding hydrogens is 214 g/mol. The fourth-order valence-electron chi connectivity index (χ4n) is 2.51. The molecule has 0 aliphatic carbocycles. The van der Waals surface area contributed by atoms with Crippen molar-refractivity contribution >= 4 is 5.91 Å². The summed E-state index contributed by atoms with van der Waals surface area (Å²) < 4.78 is 0. The fourth-order valence-corrected chi connectivity index (χ4v) is 2.51. The molecule has 0 bridgehead atoms. The molecule has 4 heteroatoms. The van der Waals surface area contributed by atoms with Crippen LogP contribution in [0.25, 0.3) is 0 Å². The quantitative estimate of drug-likeness (QED) is 0.704. The first-order valence-electron chi connectivity index (χ1n) is 6.73. The van der Waals surface area contributed by atoms with Gasteiger partial charge >= 0.3 is 0 Å². The number of carbonyl (C=O) groups excluding carboxylic acids is 1. The molecule has 1 amide bonds. The van der Waals surface area contributed by atoms with E-state index in [0.29, 0.717) is 11.5 Å². The summed E-state index contributed by atoms with van der Waals surface area (Å²) in [6, 6.07) is 0.451. The molecule has 17 heavy (non-hydrogen) atoms. The van der Waals surface area contributed by atoms with Gasteiger partial charge in [0.1, 0.15) is 0 Å². The van der Waals surface area contributed by atoms with Crippen molar-refractivity contribution in [3.05, 3.63) is 0 Å². The number of nitrogens with one attached hydrogen (secondary N) is 2. The van der Waals surface area contributed by atoms with E-state index in [1.165, 1.54) is 0 Å². The van der Waals surface area contributed by atoms with Crippen molar-refractivity contribution in [2.45, 2.75) is 45.7 Å². The zero-order valence-corrected chi connectivity index (χ0v) is 11.3. The molecule has 2 heterocycles. The van der Waals surface area contributed by atoms with Crippen LogP contribution in [0.5, 0.6) is 0 Å². The predicted molar refractivity (Wildman–Crippen MR) is 68.9 cm³/mol. The van der Waals surface area contributed by atoms with Crippen LogP contribution in [0.2, 0.25) is 0 Å². The first kappa shape index (κ1) is 12.8. The molecule has 2 aliphatic heterocycles. The van der Waals surface area contributed by atoms with Crippen LogP contribution >= 0.6 is 0 Å². The monoisotopic (exact) mass is 239 g/mol. The third-order valence-electron chi connectivity index (χ3n) is 4.07. The summed E-state index contributed by atoms with van der Waals surface area (Å²) in [6.07, 6.45) is 2.24. The van der Waals surface area contributed by atoms with Gasteiger partial charge in [-0.3, -0.25) is 4.79 Å². The maximum atomic E-state index is 12.3. The van der Waals surface area contributed by atoms with Crippen LogP contribution in [0.4, 0.5) is 0 Å². The topological polar surface area (TPSA) is 44.4 Å². The molecule has 98 valence electrons. The number of hydrogen-bond donors (Lipinski definition) is 2. The third-order valence-corrected chi connectivity index (χ3v) is 4.07. The van der Waals surface area contributed by atoms with Gasteiger partial charge in [0.25, 0.3) is 0 Å². The first-order valence-corrected chi connectivity index (χ1v) is 6.73. The average Bonchev–Trinajstić information content (AvgIpc) is 2.29. The molecular formula is C13H25N3O. The molecule has 0 radical (unpaired) electrons. The largest absolute Gasteiger partial charge is 0.341 e. The van der Waals surface area contributed by atoms with Crippen LogP contribution in [0.3, 0.4) is 0 Å². The molecule has 2 saturated heterocycles. The van der Waals surface area contributed by atoms with Crippen molar-refractivity contribution in [2.75, 3.05) is 26.2 Å². The second kappa shape index (κ2) is 4.94. The van der Waals surface area contributed by atoms with Crippen molar-refractivity contribution in [3.8, 4) is 0 Å². The summed E-state index contributed by atoms with van der Waals surface area (Å²) in [6.45, 7) is 10.2. The highest BCUT2D eigenvalue weighted by molar-refractivity contribution is 5.82. The van der Waals surface area contributed by atoms with Gasteiger partial charge in [-0.25, -0.2) is 0 Å². The summed E-state index contributed by atoms with van der Waals surface area (Å²) >= 11 is 0. The van der Waals surface area contributed by atoms with Crippen LogP contribution in [-0.4, -0.2) is 49.1 Å². The zero-order valence-electron chi connectivity index (χ0n) is 11.3. The Balaban J connectivity index is 1.84. The standard InChI is InChI=1S/C13H25N3O/c1-10-8-15-11(9-14-10)12(17)16-6-4-13(2,3)5-7-16/h10-11,14-15H,4-9H2,1-3H3.